The maximum Gasteiger partial charge on any atom is 0.296 e. The van der Waals surface area contributed by atoms with Crippen LogP contribution in [0.1, 0.15) is 0 Å². The van der Waals surface area contributed by atoms with Crippen molar-refractivity contribution in [3.8, 4) is 0 Å². The zero-order valence-corrected chi connectivity index (χ0v) is 11.6. The van der Waals surface area contributed by atoms with Gasteiger partial charge in [0.25, 0.3) is 20.2 Å². The molecular formula is C7H5NO6S4. The zero-order valence-electron chi connectivity index (χ0n) is 8.32. The summed E-state index contributed by atoms with van der Waals surface area (Å²) in [5.74, 6) is 0. The second kappa shape index (κ2) is 4.08. The lowest BCUT2D eigenvalue weighted by Crippen LogP contribution is -2.04. The van der Waals surface area contributed by atoms with Crippen LogP contribution in [0, 0.1) is 3.95 Å². The van der Waals surface area contributed by atoms with Gasteiger partial charge in [-0.05, 0) is 24.4 Å². The van der Waals surface area contributed by atoms with Crippen LogP contribution < -0.4 is 0 Å². The fourth-order valence-electron chi connectivity index (χ4n) is 1.35. The monoisotopic (exact) mass is 327 g/mol. The highest BCUT2D eigenvalue weighted by Crippen LogP contribution is 2.29. The molecule has 2 rings (SSSR count). The minimum absolute atomic E-state index is 0.0000926. The average Bonchev–Trinajstić information content (AvgIpc) is 2.52. The van der Waals surface area contributed by atoms with Crippen LogP contribution in [0.5, 0.6) is 0 Å². The third-order valence-corrected chi connectivity index (χ3v) is 4.94. The largest absolute Gasteiger partial charge is 0.336 e. The highest BCUT2D eigenvalue weighted by Gasteiger charge is 2.21. The Bertz CT molecular complexity index is 888. The number of aromatic amines is 1. The van der Waals surface area contributed by atoms with Gasteiger partial charge in [-0.3, -0.25) is 9.11 Å². The molecule has 11 heteroatoms. The molecule has 0 amide bonds. The first kappa shape index (κ1) is 13.6. The van der Waals surface area contributed by atoms with Crippen molar-refractivity contribution in [3.63, 3.8) is 0 Å². The van der Waals surface area contributed by atoms with Crippen LogP contribution in [0.4, 0.5) is 0 Å². The van der Waals surface area contributed by atoms with E-state index >= 15 is 0 Å². The van der Waals surface area contributed by atoms with E-state index in [-0.39, 0.29) is 14.2 Å². The average molecular weight is 327 g/mol. The molecule has 2 aromatic rings. The van der Waals surface area contributed by atoms with E-state index in [4.69, 9.17) is 21.3 Å². The number of thiazole rings is 1. The minimum Gasteiger partial charge on any atom is -0.336 e. The molecule has 98 valence electrons. The highest BCUT2D eigenvalue weighted by molar-refractivity contribution is 7.86. The van der Waals surface area contributed by atoms with Gasteiger partial charge in [0, 0.05) is 0 Å². The van der Waals surface area contributed by atoms with Crippen LogP contribution in [0.2, 0.25) is 0 Å². The van der Waals surface area contributed by atoms with Gasteiger partial charge in [0.2, 0.25) is 0 Å². The van der Waals surface area contributed by atoms with Gasteiger partial charge in [0.05, 0.1) is 15.1 Å². The number of nitrogens with one attached hydrogen (secondary N) is 1. The molecule has 0 radical (unpaired) electrons. The molecule has 0 saturated heterocycles. The van der Waals surface area contributed by atoms with Crippen LogP contribution in [0.3, 0.4) is 0 Å². The Balaban J connectivity index is 3.03. The molecule has 0 fully saturated rings. The minimum atomic E-state index is -4.65. The number of fused-ring (bicyclic) bond motifs is 1. The maximum atomic E-state index is 11.2. The zero-order chi connectivity index (χ0) is 13.7. The lowest BCUT2D eigenvalue weighted by atomic mass is 10.3. The van der Waals surface area contributed by atoms with Crippen molar-refractivity contribution in [2.75, 3.05) is 0 Å². The Kier molecular flexibility index (Phi) is 3.08. The molecule has 7 nitrogen and oxygen atoms in total. The van der Waals surface area contributed by atoms with Gasteiger partial charge in [-0.2, -0.15) is 16.8 Å². The fourth-order valence-corrected chi connectivity index (χ4v) is 3.96. The molecule has 0 unspecified atom stereocenters. The first-order chi connectivity index (χ1) is 8.09. The summed E-state index contributed by atoms with van der Waals surface area (Å²) < 4.78 is 62.7. The summed E-state index contributed by atoms with van der Waals surface area (Å²) in [4.78, 5) is 1.25. The van der Waals surface area contributed by atoms with Crippen LogP contribution >= 0.6 is 23.6 Å². The number of hydrogen-bond donors (Lipinski definition) is 3. The lowest BCUT2D eigenvalue weighted by molar-refractivity contribution is 0.482. The second-order valence-electron chi connectivity index (χ2n) is 3.26. The summed E-state index contributed by atoms with van der Waals surface area (Å²) in [7, 11) is -9.23. The molecule has 18 heavy (non-hydrogen) atoms. The predicted molar refractivity (Wildman–Crippen MR) is 66.6 cm³/mol. The molecule has 0 spiro atoms. The van der Waals surface area contributed by atoms with Crippen LogP contribution in [0.15, 0.2) is 21.9 Å². The van der Waals surface area contributed by atoms with E-state index in [1.807, 2.05) is 0 Å². The smallest absolute Gasteiger partial charge is 0.296 e. The van der Waals surface area contributed by atoms with Gasteiger partial charge in [0.15, 0.2) is 3.95 Å². The van der Waals surface area contributed by atoms with E-state index in [0.717, 1.165) is 17.4 Å². The van der Waals surface area contributed by atoms with Crippen molar-refractivity contribution in [3.05, 3.63) is 16.1 Å². The standard InChI is InChI=1S/C7H5NO6S4/c9-17(10,11)3-1-4-6(8-7(15)16-4)5(2-3)18(12,13)14/h1-2H,(H,8,15)(H,9,10,11)(H,12,13,14). The number of H-pyrrole nitrogens is 1. The summed E-state index contributed by atoms with van der Waals surface area (Å²) >= 11 is 5.73. The molecule has 0 aliphatic rings. The molecule has 1 heterocycles. The summed E-state index contributed by atoms with van der Waals surface area (Å²) in [5, 5.41) is 0. The lowest BCUT2D eigenvalue weighted by Gasteiger charge is -2.02. The van der Waals surface area contributed by atoms with Gasteiger partial charge in [-0.25, -0.2) is 0 Å². The van der Waals surface area contributed by atoms with Crippen molar-refractivity contribution in [1.29, 1.82) is 0 Å². The Labute approximate surface area is 111 Å². The van der Waals surface area contributed by atoms with E-state index in [1.54, 1.807) is 0 Å². The Hall–Kier alpha value is -0.850. The van der Waals surface area contributed by atoms with Gasteiger partial charge < -0.3 is 4.98 Å². The van der Waals surface area contributed by atoms with Crippen molar-refractivity contribution in [1.82, 2.24) is 4.98 Å². The summed E-state index contributed by atoms with van der Waals surface area (Å²) in [5.41, 5.74) is -0.0000926. The van der Waals surface area contributed by atoms with Crippen molar-refractivity contribution < 1.29 is 25.9 Å². The molecular weight excluding hydrogens is 322 g/mol. The number of benzene rings is 1. The molecule has 1 aromatic carbocycles. The van der Waals surface area contributed by atoms with E-state index < -0.39 is 30.0 Å². The van der Waals surface area contributed by atoms with E-state index in [0.29, 0.717) is 6.07 Å². The molecule has 0 atom stereocenters. The maximum absolute atomic E-state index is 11.2. The third-order valence-electron chi connectivity index (χ3n) is 2.04. The van der Waals surface area contributed by atoms with Crippen LogP contribution in [-0.4, -0.2) is 30.9 Å². The first-order valence-electron chi connectivity index (χ1n) is 4.21. The van der Waals surface area contributed by atoms with Gasteiger partial charge in [0.1, 0.15) is 4.90 Å². The SMILES string of the molecule is O=S(=O)(O)c1cc(S(=O)(=O)O)c2[nH]c(=S)sc2c1. The van der Waals surface area contributed by atoms with Crippen LogP contribution in [0.25, 0.3) is 10.2 Å². The fraction of sp³-hybridized carbons (Fsp3) is 0. The van der Waals surface area contributed by atoms with E-state index in [2.05, 4.69) is 4.98 Å². The molecule has 3 N–H and O–H groups in total. The van der Waals surface area contributed by atoms with Gasteiger partial charge in [-0.1, -0.05) is 0 Å². The van der Waals surface area contributed by atoms with Crippen molar-refractivity contribution >= 4 is 54.0 Å². The quantitative estimate of drug-likeness (QED) is 0.563. The Morgan fingerprint density at radius 3 is 2.22 bits per heavy atom. The molecule has 0 aliphatic heterocycles. The number of hydrogen-bond acceptors (Lipinski definition) is 6. The molecule has 0 saturated carbocycles. The summed E-state index contributed by atoms with van der Waals surface area (Å²) in [6, 6.07) is 1.72. The van der Waals surface area contributed by atoms with Crippen molar-refractivity contribution in [2.45, 2.75) is 9.79 Å². The van der Waals surface area contributed by atoms with E-state index in [9.17, 15) is 16.8 Å². The van der Waals surface area contributed by atoms with Gasteiger partial charge >= 0.3 is 0 Å². The van der Waals surface area contributed by atoms with Gasteiger partial charge in [-0.15, -0.1) is 11.3 Å². The predicted octanol–water partition coefficient (Wildman–Crippen LogP) is 1.45. The van der Waals surface area contributed by atoms with Crippen molar-refractivity contribution in [2.24, 2.45) is 0 Å². The summed E-state index contributed by atoms with van der Waals surface area (Å²) in [6.45, 7) is 0. The number of aromatic nitrogens is 1. The molecule has 0 bridgehead atoms. The van der Waals surface area contributed by atoms with E-state index in [1.165, 1.54) is 0 Å². The molecule has 1 aromatic heterocycles. The highest BCUT2D eigenvalue weighted by atomic mass is 32.2. The first-order valence-corrected chi connectivity index (χ1v) is 8.31. The second-order valence-corrected chi connectivity index (χ2v) is 7.79. The molecule has 0 aliphatic carbocycles. The Morgan fingerprint density at radius 1 is 1.11 bits per heavy atom. The normalized spacial score (nSPS) is 13.0. The third kappa shape index (κ3) is 2.46. The number of rotatable bonds is 2. The summed E-state index contributed by atoms with van der Waals surface area (Å²) in [6.07, 6.45) is 0. The van der Waals surface area contributed by atoms with Crippen LogP contribution in [-0.2, 0) is 20.2 Å². The topological polar surface area (TPSA) is 125 Å². The Morgan fingerprint density at radius 2 is 1.72 bits per heavy atom.